The fourth-order valence-electron chi connectivity index (χ4n) is 5.24. The Balaban J connectivity index is 1.83. The smallest absolute Gasteiger partial charge is 0.264 e. The summed E-state index contributed by atoms with van der Waals surface area (Å²) in [6.45, 7) is 5.14. The van der Waals surface area contributed by atoms with E-state index in [1.807, 2.05) is 75.4 Å². The average molecular weight is 676 g/mol. The minimum Gasteiger partial charge on any atom is -0.493 e. The van der Waals surface area contributed by atoms with E-state index in [1.54, 1.807) is 0 Å². The van der Waals surface area contributed by atoms with Gasteiger partial charge in [-0.2, -0.15) is 0 Å². The van der Waals surface area contributed by atoms with Crippen molar-refractivity contribution in [1.82, 2.24) is 10.2 Å². The zero-order valence-corrected chi connectivity index (χ0v) is 28.7. The molecule has 0 saturated carbocycles. The molecule has 2 amide bonds. The third-order valence-corrected chi connectivity index (χ3v) is 9.81. The number of hydrogen-bond donors (Lipinski definition) is 1. The van der Waals surface area contributed by atoms with E-state index in [4.69, 9.17) is 9.47 Å². The van der Waals surface area contributed by atoms with Crippen molar-refractivity contribution in [2.24, 2.45) is 0 Å². The topological polar surface area (TPSA) is 105 Å². The highest BCUT2D eigenvalue weighted by atomic mass is 32.2. The lowest BCUT2D eigenvalue weighted by atomic mass is 10.0. The van der Waals surface area contributed by atoms with Crippen LogP contribution in [0.25, 0.3) is 0 Å². The predicted molar refractivity (Wildman–Crippen MR) is 184 cm³/mol. The predicted octanol–water partition coefficient (Wildman–Crippen LogP) is 5.90. The lowest BCUT2D eigenvalue weighted by Gasteiger charge is -2.34. The fourth-order valence-corrected chi connectivity index (χ4v) is 6.67. The normalized spacial score (nSPS) is 12.5. The number of hydrogen-bond acceptors (Lipinski definition) is 6. The average Bonchev–Trinajstić information content (AvgIpc) is 3.09. The van der Waals surface area contributed by atoms with E-state index >= 15 is 0 Å². The molecule has 2 atom stereocenters. The second-order valence-corrected chi connectivity index (χ2v) is 13.4. The molecule has 0 unspecified atom stereocenters. The summed E-state index contributed by atoms with van der Waals surface area (Å²) in [5, 5.41) is 3.02. The van der Waals surface area contributed by atoms with Crippen LogP contribution in [0.5, 0.6) is 11.5 Å². The van der Waals surface area contributed by atoms with Crippen LogP contribution >= 0.6 is 0 Å². The van der Waals surface area contributed by atoms with E-state index in [9.17, 15) is 22.4 Å². The van der Waals surface area contributed by atoms with Crippen LogP contribution in [-0.4, -0.2) is 58.0 Å². The Kier molecular flexibility index (Phi) is 12.2. The van der Waals surface area contributed by atoms with Crippen LogP contribution in [-0.2, 0) is 32.6 Å². The maximum Gasteiger partial charge on any atom is 0.264 e. The summed E-state index contributed by atoms with van der Waals surface area (Å²) in [5.41, 5.74) is 2.64. The largest absolute Gasteiger partial charge is 0.493 e. The standard InChI is InChI=1S/C37H42FN3O6S/c1-6-27(3)39-37(43)33(22-28-12-8-7-9-13-28)40(24-29-14-10-11-26(2)21-29)36(42)25-41(31-17-15-30(38)16-18-31)48(44,45)32-19-20-34(46-4)35(23-32)47-5/h7-21,23,27,33H,6,22,24-25H2,1-5H3,(H,39,43)/t27-,33+/m0/s1. The zero-order valence-electron chi connectivity index (χ0n) is 27.9. The van der Waals surface area contributed by atoms with Crippen LogP contribution in [0, 0.1) is 12.7 Å². The van der Waals surface area contributed by atoms with Gasteiger partial charge in [-0.3, -0.25) is 13.9 Å². The number of halogens is 1. The summed E-state index contributed by atoms with van der Waals surface area (Å²) in [6.07, 6.45) is 0.872. The lowest BCUT2D eigenvalue weighted by molar-refractivity contribution is -0.140. The number of methoxy groups -OCH3 is 2. The Bertz CT molecular complexity index is 1800. The van der Waals surface area contributed by atoms with Crippen LogP contribution in [0.4, 0.5) is 10.1 Å². The van der Waals surface area contributed by atoms with Crippen LogP contribution in [0.1, 0.15) is 37.0 Å². The molecule has 0 aliphatic carbocycles. The number of sulfonamides is 1. The van der Waals surface area contributed by atoms with Gasteiger partial charge in [-0.05, 0) is 67.8 Å². The molecule has 4 aromatic carbocycles. The molecule has 0 aliphatic rings. The molecule has 0 spiro atoms. The van der Waals surface area contributed by atoms with E-state index in [1.165, 1.54) is 49.5 Å². The van der Waals surface area contributed by atoms with Gasteiger partial charge in [0.2, 0.25) is 11.8 Å². The fraction of sp³-hybridized carbons (Fsp3) is 0.297. The molecule has 48 heavy (non-hydrogen) atoms. The molecule has 1 N–H and O–H groups in total. The Morgan fingerprint density at radius 3 is 2.15 bits per heavy atom. The van der Waals surface area contributed by atoms with Crippen molar-refractivity contribution in [2.45, 2.75) is 57.1 Å². The van der Waals surface area contributed by atoms with Crippen molar-refractivity contribution in [3.63, 3.8) is 0 Å². The molecular weight excluding hydrogens is 633 g/mol. The summed E-state index contributed by atoms with van der Waals surface area (Å²) >= 11 is 0. The third kappa shape index (κ3) is 8.92. The van der Waals surface area contributed by atoms with E-state index in [0.717, 1.165) is 33.1 Å². The molecular formula is C37H42FN3O6S. The number of ether oxygens (including phenoxy) is 2. The Morgan fingerprint density at radius 1 is 0.854 bits per heavy atom. The number of carbonyl (C=O) groups excluding carboxylic acids is 2. The first-order valence-corrected chi connectivity index (χ1v) is 17.1. The Hall–Kier alpha value is -4.90. The lowest BCUT2D eigenvalue weighted by Crippen LogP contribution is -2.54. The highest BCUT2D eigenvalue weighted by molar-refractivity contribution is 7.92. The maximum absolute atomic E-state index is 14.6. The monoisotopic (exact) mass is 675 g/mol. The first-order valence-electron chi connectivity index (χ1n) is 15.7. The van der Waals surface area contributed by atoms with Gasteiger partial charge < -0.3 is 19.7 Å². The second kappa shape index (κ2) is 16.3. The zero-order chi connectivity index (χ0) is 34.8. The first-order chi connectivity index (χ1) is 23.0. The molecule has 0 heterocycles. The number of aryl methyl sites for hydroxylation is 1. The van der Waals surface area contributed by atoms with Gasteiger partial charge in [0.1, 0.15) is 18.4 Å². The summed E-state index contributed by atoms with van der Waals surface area (Å²) in [4.78, 5) is 29.8. The molecule has 0 fully saturated rings. The summed E-state index contributed by atoms with van der Waals surface area (Å²) in [7, 11) is -1.62. The van der Waals surface area contributed by atoms with E-state index in [0.29, 0.717) is 12.2 Å². The van der Waals surface area contributed by atoms with E-state index < -0.39 is 34.3 Å². The summed E-state index contributed by atoms with van der Waals surface area (Å²) in [6, 6.07) is 24.7. The van der Waals surface area contributed by atoms with Crippen LogP contribution in [0.2, 0.25) is 0 Å². The molecule has 0 radical (unpaired) electrons. The molecule has 0 saturated heterocycles. The Labute approximate surface area is 282 Å². The van der Waals surface area contributed by atoms with Gasteiger partial charge in [-0.25, -0.2) is 12.8 Å². The molecule has 0 aromatic heterocycles. The molecule has 9 nitrogen and oxygen atoms in total. The maximum atomic E-state index is 14.6. The number of anilines is 1. The molecule has 4 aromatic rings. The van der Waals surface area contributed by atoms with E-state index in [2.05, 4.69) is 5.32 Å². The van der Waals surface area contributed by atoms with Crippen LogP contribution in [0.3, 0.4) is 0 Å². The van der Waals surface area contributed by atoms with Gasteiger partial charge in [0, 0.05) is 25.1 Å². The summed E-state index contributed by atoms with van der Waals surface area (Å²) in [5.74, 6) is -1.05. The molecule has 4 rings (SSSR count). The second-order valence-electron chi connectivity index (χ2n) is 11.5. The van der Waals surface area contributed by atoms with Crippen LogP contribution in [0.15, 0.2) is 102 Å². The van der Waals surface area contributed by atoms with Gasteiger partial charge in [0.05, 0.1) is 24.8 Å². The number of carbonyl (C=O) groups is 2. The molecule has 0 bridgehead atoms. The highest BCUT2D eigenvalue weighted by Gasteiger charge is 2.35. The number of benzene rings is 4. The number of nitrogens with one attached hydrogen (secondary N) is 1. The van der Waals surface area contributed by atoms with Crippen molar-refractivity contribution in [1.29, 1.82) is 0 Å². The van der Waals surface area contributed by atoms with Crippen molar-refractivity contribution in [3.05, 3.63) is 120 Å². The molecule has 254 valence electrons. The Morgan fingerprint density at radius 2 is 1.52 bits per heavy atom. The van der Waals surface area contributed by atoms with Crippen molar-refractivity contribution in [2.75, 3.05) is 25.1 Å². The molecule has 0 aliphatic heterocycles. The number of rotatable bonds is 15. The van der Waals surface area contributed by atoms with Gasteiger partial charge in [-0.15, -0.1) is 0 Å². The van der Waals surface area contributed by atoms with E-state index in [-0.39, 0.29) is 41.2 Å². The highest BCUT2D eigenvalue weighted by Crippen LogP contribution is 2.32. The minimum atomic E-state index is -4.43. The number of nitrogens with zero attached hydrogens (tertiary/aromatic N) is 2. The third-order valence-electron chi connectivity index (χ3n) is 8.04. The SMILES string of the molecule is CC[C@H](C)NC(=O)[C@@H](Cc1ccccc1)N(Cc1cccc(C)c1)C(=O)CN(c1ccc(F)cc1)S(=O)(=O)c1ccc(OC)c(OC)c1. The summed E-state index contributed by atoms with van der Waals surface area (Å²) < 4.78 is 54.2. The van der Waals surface area contributed by atoms with Gasteiger partial charge in [0.25, 0.3) is 10.0 Å². The van der Waals surface area contributed by atoms with Crippen LogP contribution < -0.4 is 19.1 Å². The molecule has 11 heteroatoms. The van der Waals surface area contributed by atoms with Gasteiger partial charge >= 0.3 is 0 Å². The van der Waals surface area contributed by atoms with Crippen molar-refractivity contribution < 1.29 is 31.9 Å². The number of amides is 2. The first kappa shape index (κ1) is 35.9. The van der Waals surface area contributed by atoms with Gasteiger partial charge in [-0.1, -0.05) is 67.1 Å². The van der Waals surface area contributed by atoms with Crippen molar-refractivity contribution in [3.8, 4) is 11.5 Å². The quantitative estimate of drug-likeness (QED) is 0.168. The minimum absolute atomic E-state index is 0.0413. The van der Waals surface area contributed by atoms with Gasteiger partial charge in [0.15, 0.2) is 11.5 Å². The van der Waals surface area contributed by atoms with Crippen molar-refractivity contribution >= 4 is 27.5 Å².